The van der Waals surface area contributed by atoms with Crippen molar-refractivity contribution < 1.29 is 28.5 Å². The number of allylic oxidation sites excluding steroid dienone is 3. The summed E-state index contributed by atoms with van der Waals surface area (Å²) in [5.41, 5.74) is 4.46. The molecule has 2 aromatic rings. The number of carbonyl (C=O) groups is 2. The summed E-state index contributed by atoms with van der Waals surface area (Å²) in [7, 11) is 1.63. The van der Waals surface area contributed by atoms with E-state index in [1.54, 1.807) is 14.0 Å². The molecule has 5 rings (SSSR count). The fraction of sp³-hybridized carbons (Fsp3) is 0.333. The number of nitrogens with one attached hydrogen (secondary N) is 1. The van der Waals surface area contributed by atoms with E-state index < -0.39 is 11.9 Å². The first-order valence-electron chi connectivity index (χ1n) is 11.4. The molecule has 2 heterocycles. The molecule has 34 heavy (non-hydrogen) atoms. The molecule has 0 amide bonds. The maximum Gasteiger partial charge on any atom is 0.336 e. The fourth-order valence-corrected chi connectivity index (χ4v) is 5.08. The number of Topliss-reactive ketones (excluding diaryl/α,β-unsaturated/α-hetero) is 1. The molecule has 0 saturated carbocycles. The van der Waals surface area contributed by atoms with Gasteiger partial charge >= 0.3 is 5.97 Å². The van der Waals surface area contributed by atoms with Crippen molar-refractivity contribution in [3.8, 4) is 17.2 Å². The third kappa shape index (κ3) is 3.81. The van der Waals surface area contributed by atoms with Gasteiger partial charge in [-0.15, -0.1) is 0 Å². The van der Waals surface area contributed by atoms with E-state index in [1.165, 1.54) is 0 Å². The summed E-state index contributed by atoms with van der Waals surface area (Å²) in [6.07, 6.45) is 1.01. The summed E-state index contributed by atoms with van der Waals surface area (Å²) in [6, 6.07) is 13.4. The topological polar surface area (TPSA) is 83.1 Å². The van der Waals surface area contributed by atoms with Crippen molar-refractivity contribution >= 4 is 11.8 Å². The largest absolute Gasteiger partial charge is 0.497 e. The molecule has 2 atom stereocenters. The van der Waals surface area contributed by atoms with Gasteiger partial charge in [0, 0.05) is 29.3 Å². The standard InChI is InChI=1S/C27H27NO6/c1-4-32-27(30)24-15(2)28-20-11-18(16-6-5-7-19(10-16)31-3)12-21(29)26(20)25(24)17-8-9-22-23(13-17)34-14-33-22/h5-10,13,18,25,28H,4,11-12,14H2,1-3H3/t18-,25+/m1/s1. The van der Waals surface area contributed by atoms with Crippen molar-refractivity contribution in [2.75, 3.05) is 20.5 Å². The maximum atomic E-state index is 13.7. The van der Waals surface area contributed by atoms with Gasteiger partial charge in [0.2, 0.25) is 6.79 Å². The fourth-order valence-electron chi connectivity index (χ4n) is 5.08. The molecule has 0 saturated heterocycles. The molecule has 0 unspecified atom stereocenters. The zero-order chi connectivity index (χ0) is 23.8. The molecule has 7 heteroatoms. The number of benzene rings is 2. The maximum absolute atomic E-state index is 13.7. The van der Waals surface area contributed by atoms with E-state index >= 15 is 0 Å². The highest BCUT2D eigenvalue weighted by atomic mass is 16.7. The van der Waals surface area contributed by atoms with Gasteiger partial charge < -0.3 is 24.3 Å². The first-order chi connectivity index (χ1) is 16.5. The van der Waals surface area contributed by atoms with Crippen LogP contribution in [0.4, 0.5) is 0 Å². The summed E-state index contributed by atoms with van der Waals surface area (Å²) < 4.78 is 21.8. The third-order valence-electron chi connectivity index (χ3n) is 6.62. The Labute approximate surface area is 198 Å². The number of hydrogen-bond donors (Lipinski definition) is 1. The molecular weight excluding hydrogens is 434 g/mol. The van der Waals surface area contributed by atoms with Gasteiger partial charge in [-0.05, 0) is 61.6 Å². The minimum absolute atomic E-state index is 0.0125. The Morgan fingerprint density at radius 2 is 1.91 bits per heavy atom. The Balaban J connectivity index is 1.58. The van der Waals surface area contributed by atoms with Crippen molar-refractivity contribution in [2.45, 2.75) is 38.5 Å². The quantitative estimate of drug-likeness (QED) is 0.663. The highest BCUT2D eigenvalue weighted by molar-refractivity contribution is 6.04. The van der Waals surface area contributed by atoms with E-state index in [1.807, 2.05) is 49.4 Å². The number of methoxy groups -OCH3 is 1. The van der Waals surface area contributed by atoms with Crippen LogP contribution in [0.1, 0.15) is 49.7 Å². The van der Waals surface area contributed by atoms with E-state index in [9.17, 15) is 9.59 Å². The van der Waals surface area contributed by atoms with Gasteiger partial charge in [-0.25, -0.2) is 4.79 Å². The predicted octanol–water partition coefficient (Wildman–Crippen LogP) is 4.35. The van der Waals surface area contributed by atoms with Gasteiger partial charge in [-0.1, -0.05) is 18.2 Å². The van der Waals surface area contributed by atoms with Crippen molar-refractivity contribution in [1.82, 2.24) is 5.32 Å². The average molecular weight is 462 g/mol. The van der Waals surface area contributed by atoms with Crippen LogP contribution in [-0.4, -0.2) is 32.3 Å². The summed E-state index contributed by atoms with van der Waals surface area (Å²) in [4.78, 5) is 26.7. The first kappa shape index (κ1) is 22.1. The van der Waals surface area contributed by atoms with Crippen LogP contribution in [0.2, 0.25) is 0 Å². The molecule has 7 nitrogen and oxygen atoms in total. The first-order valence-corrected chi connectivity index (χ1v) is 11.4. The van der Waals surface area contributed by atoms with Crippen molar-refractivity contribution in [3.05, 3.63) is 76.1 Å². The van der Waals surface area contributed by atoms with Crippen LogP contribution in [-0.2, 0) is 14.3 Å². The molecule has 2 aliphatic heterocycles. The van der Waals surface area contributed by atoms with E-state index in [0.29, 0.717) is 41.2 Å². The Kier molecular flexibility index (Phi) is 5.77. The van der Waals surface area contributed by atoms with Gasteiger partial charge in [0.25, 0.3) is 0 Å². The van der Waals surface area contributed by atoms with Gasteiger partial charge in [-0.2, -0.15) is 0 Å². The van der Waals surface area contributed by atoms with Crippen molar-refractivity contribution in [3.63, 3.8) is 0 Å². The monoisotopic (exact) mass is 461 g/mol. The number of hydrogen-bond acceptors (Lipinski definition) is 7. The SMILES string of the molecule is CCOC(=O)C1=C(C)NC2=C(C(=O)C[C@H](c3cccc(OC)c3)C2)[C@H]1c1ccc2c(c1)OCO2. The molecule has 0 fully saturated rings. The van der Waals surface area contributed by atoms with Crippen LogP contribution >= 0.6 is 0 Å². The lowest BCUT2D eigenvalue weighted by Gasteiger charge is -2.36. The second kappa shape index (κ2) is 8.89. The Morgan fingerprint density at radius 1 is 1.09 bits per heavy atom. The van der Waals surface area contributed by atoms with Crippen LogP contribution in [0.3, 0.4) is 0 Å². The summed E-state index contributed by atoms with van der Waals surface area (Å²) >= 11 is 0. The number of fused-ring (bicyclic) bond motifs is 1. The summed E-state index contributed by atoms with van der Waals surface area (Å²) in [5, 5.41) is 3.37. The molecule has 176 valence electrons. The smallest absolute Gasteiger partial charge is 0.336 e. The van der Waals surface area contributed by atoms with E-state index in [0.717, 1.165) is 22.6 Å². The second-order valence-electron chi connectivity index (χ2n) is 8.63. The van der Waals surface area contributed by atoms with Crippen LogP contribution in [0.5, 0.6) is 17.2 Å². The molecular formula is C27H27NO6. The van der Waals surface area contributed by atoms with Crippen LogP contribution in [0.25, 0.3) is 0 Å². The predicted molar refractivity (Wildman–Crippen MR) is 125 cm³/mol. The highest BCUT2D eigenvalue weighted by Crippen LogP contribution is 2.47. The average Bonchev–Trinajstić information content (AvgIpc) is 3.31. The summed E-state index contributed by atoms with van der Waals surface area (Å²) in [5.74, 6) is 1.09. The minimum Gasteiger partial charge on any atom is -0.497 e. The van der Waals surface area contributed by atoms with Crippen molar-refractivity contribution in [2.24, 2.45) is 0 Å². The van der Waals surface area contributed by atoms with E-state index in [-0.39, 0.29) is 25.1 Å². The number of carbonyl (C=O) groups excluding carboxylic acids is 2. The van der Waals surface area contributed by atoms with Crippen LogP contribution < -0.4 is 19.5 Å². The number of rotatable bonds is 5. The van der Waals surface area contributed by atoms with Gasteiger partial charge in [0.15, 0.2) is 17.3 Å². The number of ketones is 1. The third-order valence-corrected chi connectivity index (χ3v) is 6.62. The lowest BCUT2D eigenvalue weighted by Crippen LogP contribution is -2.36. The molecule has 0 radical (unpaired) electrons. The van der Waals surface area contributed by atoms with Crippen LogP contribution in [0.15, 0.2) is 65.0 Å². The number of esters is 1. The normalized spacial score (nSPS) is 21.2. The summed E-state index contributed by atoms with van der Waals surface area (Å²) in [6.45, 7) is 4.03. The number of dihydropyridines is 1. The Bertz CT molecular complexity index is 1230. The molecule has 3 aliphatic rings. The zero-order valence-electron chi connectivity index (χ0n) is 19.5. The zero-order valence-corrected chi connectivity index (χ0v) is 19.5. The second-order valence-corrected chi connectivity index (χ2v) is 8.63. The van der Waals surface area contributed by atoms with E-state index in [4.69, 9.17) is 18.9 Å². The molecule has 1 aliphatic carbocycles. The van der Waals surface area contributed by atoms with Crippen LogP contribution in [0, 0.1) is 0 Å². The van der Waals surface area contributed by atoms with Gasteiger partial charge in [-0.3, -0.25) is 4.79 Å². The van der Waals surface area contributed by atoms with Gasteiger partial charge in [0.1, 0.15) is 5.75 Å². The highest BCUT2D eigenvalue weighted by Gasteiger charge is 2.41. The minimum atomic E-state index is -0.538. The van der Waals surface area contributed by atoms with E-state index in [2.05, 4.69) is 5.32 Å². The molecule has 1 N–H and O–H groups in total. The lowest BCUT2D eigenvalue weighted by atomic mass is 9.71. The number of ether oxygens (including phenoxy) is 4. The Morgan fingerprint density at radius 3 is 2.71 bits per heavy atom. The Hall–Kier alpha value is -3.74. The molecule has 0 spiro atoms. The van der Waals surface area contributed by atoms with Crippen molar-refractivity contribution in [1.29, 1.82) is 0 Å². The molecule has 0 bridgehead atoms. The molecule has 2 aromatic carbocycles. The van der Waals surface area contributed by atoms with Gasteiger partial charge in [0.05, 0.1) is 19.3 Å². The lowest BCUT2D eigenvalue weighted by molar-refractivity contribution is -0.138. The molecule has 0 aromatic heterocycles.